The maximum absolute atomic E-state index is 12.9. The fourth-order valence-corrected chi connectivity index (χ4v) is 5.33. The number of rotatable bonds is 7. The van der Waals surface area contributed by atoms with Gasteiger partial charge in [-0.25, -0.2) is 8.42 Å². The number of nitro groups is 1. The zero-order chi connectivity index (χ0) is 24.1. The van der Waals surface area contributed by atoms with Gasteiger partial charge in [-0.15, -0.1) is 0 Å². The van der Waals surface area contributed by atoms with E-state index in [1.54, 1.807) is 12.1 Å². The lowest BCUT2D eigenvalue weighted by Gasteiger charge is -2.33. The molecule has 1 heterocycles. The second-order valence-electron chi connectivity index (χ2n) is 7.69. The van der Waals surface area contributed by atoms with Gasteiger partial charge in [-0.2, -0.15) is 4.31 Å². The number of nitro benzene ring substituents is 1. The van der Waals surface area contributed by atoms with E-state index in [4.69, 9.17) is 4.74 Å². The summed E-state index contributed by atoms with van der Waals surface area (Å²) < 4.78 is 32.6. The van der Waals surface area contributed by atoms with Crippen molar-refractivity contribution >= 4 is 21.6 Å². The number of amides is 1. The van der Waals surface area contributed by atoms with Gasteiger partial charge in [0.1, 0.15) is 5.75 Å². The number of hydrogen-bond acceptors (Lipinski definition) is 6. The third kappa shape index (κ3) is 5.08. The summed E-state index contributed by atoms with van der Waals surface area (Å²) in [5.74, 6) is 0.306. The minimum absolute atomic E-state index is 0.0475. The van der Waals surface area contributed by atoms with Gasteiger partial charge in [-0.3, -0.25) is 14.9 Å². The summed E-state index contributed by atoms with van der Waals surface area (Å²) in [6.07, 6.45) is 0. The van der Waals surface area contributed by atoms with Gasteiger partial charge in [0.15, 0.2) is 11.5 Å². The van der Waals surface area contributed by atoms with Gasteiger partial charge < -0.3 is 9.64 Å². The molecule has 0 N–H and O–H groups in total. The highest BCUT2D eigenvalue weighted by molar-refractivity contribution is 7.89. The number of sulfonamides is 1. The van der Waals surface area contributed by atoms with E-state index >= 15 is 0 Å². The summed E-state index contributed by atoms with van der Waals surface area (Å²) in [7, 11) is -4.05. The van der Waals surface area contributed by atoms with Crippen LogP contribution in [0.25, 0.3) is 11.1 Å². The first-order valence-electron chi connectivity index (χ1n) is 10.7. The maximum Gasteiger partial charge on any atom is 0.289 e. The molecule has 1 aliphatic rings. The molecule has 1 saturated heterocycles. The van der Waals surface area contributed by atoms with Crippen LogP contribution in [0.4, 0.5) is 5.69 Å². The molecule has 176 valence electrons. The summed E-state index contributed by atoms with van der Waals surface area (Å²) in [5, 5.41) is 11.2. The minimum atomic E-state index is -4.05. The Labute approximate surface area is 197 Å². The molecule has 0 atom stereocenters. The van der Waals surface area contributed by atoms with Gasteiger partial charge in [0.2, 0.25) is 10.0 Å². The normalized spacial score (nSPS) is 14.5. The van der Waals surface area contributed by atoms with Crippen LogP contribution < -0.4 is 4.74 Å². The average Bonchev–Trinajstić information content (AvgIpc) is 2.88. The molecular formula is C24H23N3O6S. The molecule has 3 aromatic carbocycles. The molecule has 0 bridgehead atoms. The van der Waals surface area contributed by atoms with Gasteiger partial charge in [0.25, 0.3) is 11.6 Å². The predicted molar refractivity (Wildman–Crippen MR) is 126 cm³/mol. The quantitative estimate of drug-likeness (QED) is 0.379. The number of benzene rings is 3. The lowest BCUT2D eigenvalue weighted by molar-refractivity contribution is -0.387. The van der Waals surface area contributed by atoms with E-state index in [1.165, 1.54) is 27.4 Å². The van der Waals surface area contributed by atoms with Gasteiger partial charge in [-0.05, 0) is 29.3 Å². The summed E-state index contributed by atoms with van der Waals surface area (Å²) >= 11 is 0. The minimum Gasteiger partial charge on any atom is -0.484 e. The second kappa shape index (κ2) is 10.0. The first kappa shape index (κ1) is 23.4. The third-order valence-electron chi connectivity index (χ3n) is 5.59. The monoisotopic (exact) mass is 481 g/mol. The Morgan fingerprint density at radius 2 is 1.44 bits per heavy atom. The molecular weight excluding hydrogens is 458 g/mol. The predicted octanol–water partition coefficient (Wildman–Crippen LogP) is 3.17. The second-order valence-corrected chi connectivity index (χ2v) is 9.60. The molecule has 0 radical (unpaired) electrons. The van der Waals surface area contributed by atoms with Gasteiger partial charge >= 0.3 is 0 Å². The maximum atomic E-state index is 12.9. The topological polar surface area (TPSA) is 110 Å². The van der Waals surface area contributed by atoms with E-state index in [-0.39, 0.29) is 43.6 Å². The summed E-state index contributed by atoms with van der Waals surface area (Å²) in [4.78, 5) is 24.3. The number of piperazine rings is 1. The van der Waals surface area contributed by atoms with Crippen LogP contribution in [0.1, 0.15) is 0 Å². The number of hydrogen-bond donors (Lipinski definition) is 0. The molecule has 1 aliphatic heterocycles. The van der Waals surface area contributed by atoms with Crippen molar-refractivity contribution in [1.29, 1.82) is 0 Å². The molecule has 0 unspecified atom stereocenters. The molecule has 1 fully saturated rings. The van der Waals surface area contributed by atoms with Crippen LogP contribution >= 0.6 is 0 Å². The average molecular weight is 482 g/mol. The molecule has 10 heteroatoms. The molecule has 9 nitrogen and oxygen atoms in total. The molecule has 0 aliphatic carbocycles. The van der Waals surface area contributed by atoms with Gasteiger partial charge in [0, 0.05) is 32.2 Å². The van der Waals surface area contributed by atoms with Crippen molar-refractivity contribution in [3.63, 3.8) is 0 Å². The van der Waals surface area contributed by atoms with Gasteiger partial charge in [-0.1, -0.05) is 54.6 Å². The molecule has 0 saturated carbocycles. The summed E-state index contributed by atoms with van der Waals surface area (Å²) in [6, 6.07) is 22.6. The lowest BCUT2D eigenvalue weighted by Crippen LogP contribution is -2.51. The van der Waals surface area contributed by atoms with Crippen LogP contribution in [0.2, 0.25) is 0 Å². The van der Waals surface area contributed by atoms with Crippen LogP contribution in [0.3, 0.4) is 0 Å². The Morgan fingerprint density at radius 1 is 0.853 bits per heavy atom. The van der Waals surface area contributed by atoms with Crippen LogP contribution in [-0.2, 0) is 14.8 Å². The Balaban J connectivity index is 1.32. The van der Waals surface area contributed by atoms with Crippen LogP contribution in [0, 0.1) is 10.1 Å². The molecule has 34 heavy (non-hydrogen) atoms. The van der Waals surface area contributed by atoms with Crippen molar-refractivity contribution in [2.75, 3.05) is 32.8 Å². The fourth-order valence-electron chi connectivity index (χ4n) is 3.75. The zero-order valence-corrected chi connectivity index (χ0v) is 19.1. The van der Waals surface area contributed by atoms with E-state index in [0.29, 0.717) is 5.75 Å². The van der Waals surface area contributed by atoms with Crippen molar-refractivity contribution < 1.29 is 22.9 Å². The zero-order valence-electron chi connectivity index (χ0n) is 18.2. The number of ether oxygens (including phenoxy) is 1. The van der Waals surface area contributed by atoms with Crippen molar-refractivity contribution in [3.8, 4) is 16.9 Å². The Morgan fingerprint density at radius 3 is 2.09 bits per heavy atom. The highest BCUT2D eigenvalue weighted by Crippen LogP contribution is 2.27. The SMILES string of the molecule is O=C(COc1ccc(-c2ccccc2)cc1)N1CCN(S(=O)(=O)c2ccccc2[N+](=O)[O-])CC1. The first-order chi connectivity index (χ1) is 16.4. The molecule has 0 spiro atoms. The number of carbonyl (C=O) groups is 1. The smallest absolute Gasteiger partial charge is 0.289 e. The van der Waals surface area contributed by atoms with Crippen molar-refractivity contribution in [1.82, 2.24) is 9.21 Å². The van der Waals surface area contributed by atoms with Gasteiger partial charge in [0.05, 0.1) is 4.92 Å². The standard InChI is InChI=1S/C24H23N3O6S/c28-24(18-33-21-12-10-20(11-13-21)19-6-2-1-3-7-19)25-14-16-26(17-15-25)34(31,32)23-9-5-4-8-22(23)27(29)30/h1-13H,14-18H2. The van der Waals surface area contributed by atoms with E-state index < -0.39 is 20.6 Å². The molecule has 1 amide bonds. The van der Waals surface area contributed by atoms with E-state index in [2.05, 4.69) is 0 Å². The molecule has 0 aromatic heterocycles. The highest BCUT2D eigenvalue weighted by Gasteiger charge is 2.34. The van der Waals surface area contributed by atoms with E-state index in [9.17, 15) is 23.3 Å². The van der Waals surface area contributed by atoms with Crippen molar-refractivity contribution in [2.24, 2.45) is 0 Å². The molecule has 3 aromatic rings. The first-order valence-corrected chi connectivity index (χ1v) is 12.1. The third-order valence-corrected chi connectivity index (χ3v) is 7.54. The molecule has 4 rings (SSSR count). The highest BCUT2D eigenvalue weighted by atomic mass is 32.2. The van der Waals surface area contributed by atoms with Crippen LogP contribution in [0.15, 0.2) is 83.8 Å². The number of para-hydroxylation sites is 1. The van der Waals surface area contributed by atoms with Crippen LogP contribution in [0.5, 0.6) is 5.75 Å². The Kier molecular flexibility index (Phi) is 6.90. The largest absolute Gasteiger partial charge is 0.484 e. The van der Waals surface area contributed by atoms with Crippen molar-refractivity contribution in [3.05, 3.63) is 89.0 Å². The number of carbonyl (C=O) groups excluding carboxylic acids is 1. The summed E-state index contributed by atoms with van der Waals surface area (Å²) in [6.45, 7) is 0.281. The Bertz CT molecular complexity index is 1270. The van der Waals surface area contributed by atoms with Crippen molar-refractivity contribution in [2.45, 2.75) is 4.90 Å². The van der Waals surface area contributed by atoms with E-state index in [1.807, 2.05) is 42.5 Å². The van der Waals surface area contributed by atoms with Crippen LogP contribution in [-0.4, -0.2) is 61.2 Å². The lowest BCUT2D eigenvalue weighted by atomic mass is 10.1. The Hall–Kier alpha value is -3.76. The summed E-state index contributed by atoms with van der Waals surface area (Å²) in [5.41, 5.74) is 1.65. The van der Waals surface area contributed by atoms with E-state index in [0.717, 1.165) is 17.2 Å². The fraction of sp³-hybridized carbons (Fsp3) is 0.208. The number of nitrogens with zero attached hydrogens (tertiary/aromatic N) is 3.